The number of aromatic nitrogens is 2. The molecule has 0 saturated carbocycles. The molecule has 1 rings (SSSR count). The number of nitrogens with zero attached hydrogens (tertiary/aromatic N) is 2. The van der Waals surface area contributed by atoms with Gasteiger partial charge in [-0.25, -0.2) is 0 Å². The summed E-state index contributed by atoms with van der Waals surface area (Å²) < 4.78 is 36.4. The van der Waals surface area contributed by atoms with Crippen LogP contribution in [-0.2, 0) is 13.2 Å². The highest BCUT2D eigenvalue weighted by Gasteiger charge is 2.32. The smallest absolute Gasteiger partial charge is 0.431 e. The van der Waals surface area contributed by atoms with Crippen LogP contribution < -0.4 is 0 Å². The molecule has 0 atom stereocenters. The second-order valence-electron chi connectivity index (χ2n) is 2.04. The lowest BCUT2D eigenvalue weighted by atomic mass is 10.4. The van der Waals surface area contributed by atoms with Crippen molar-refractivity contribution in [2.75, 3.05) is 0 Å². The summed E-state index contributed by atoms with van der Waals surface area (Å²) in [7, 11) is 1.15. The van der Waals surface area contributed by atoms with Gasteiger partial charge in [0.1, 0.15) is 5.69 Å². The van der Waals surface area contributed by atoms with Gasteiger partial charge in [0.2, 0.25) is 0 Å². The largest absolute Gasteiger partial charge is 0.481 e. The van der Waals surface area contributed by atoms with E-state index in [-0.39, 0.29) is 5.82 Å². The fourth-order valence-electron chi connectivity index (χ4n) is 0.733. The van der Waals surface area contributed by atoms with Crippen molar-refractivity contribution in [2.45, 2.75) is 6.18 Å². The summed E-state index contributed by atoms with van der Waals surface area (Å²) in [5.41, 5.74) is 5.90. The van der Waals surface area contributed by atoms with Crippen LogP contribution in [0.1, 0.15) is 5.69 Å². The molecule has 0 aromatic carbocycles. The van der Waals surface area contributed by atoms with E-state index in [0.29, 0.717) is 10.7 Å². The Morgan fingerprint density at radius 3 is 2.27 bits per heavy atom. The molecule has 1 N–H and O–H groups in total. The van der Waals surface area contributed by atoms with E-state index < -0.39 is 11.9 Å². The third-order valence-electron chi connectivity index (χ3n) is 1.17. The minimum Gasteiger partial charge on any atom is -0.481 e. The van der Waals surface area contributed by atoms with Crippen LogP contribution >= 0.6 is 0 Å². The summed E-state index contributed by atoms with van der Waals surface area (Å²) in [6, 6.07) is 0.681. The van der Waals surface area contributed by atoms with E-state index in [1.807, 2.05) is 0 Å². The van der Waals surface area contributed by atoms with Gasteiger partial charge in [-0.05, 0) is 11.9 Å². The van der Waals surface area contributed by atoms with Gasteiger partial charge in [-0.2, -0.15) is 13.2 Å². The molecule has 0 radical (unpaired) electrons. The molecule has 0 saturated heterocycles. The molecule has 62 valence electrons. The Kier molecular flexibility index (Phi) is 1.54. The Bertz CT molecular complexity index is 262. The predicted molar refractivity (Wildman–Crippen MR) is 32.2 cm³/mol. The number of aryl methyl sites for hydroxylation is 1. The van der Waals surface area contributed by atoms with E-state index in [4.69, 9.17) is 5.73 Å². The second kappa shape index (κ2) is 2.14. The lowest BCUT2D eigenvalue weighted by Crippen LogP contribution is -2.11. The van der Waals surface area contributed by atoms with Crippen LogP contribution in [0.4, 0.5) is 19.0 Å². The zero-order valence-electron chi connectivity index (χ0n) is 5.61. The minimum absolute atomic E-state index is 0.375. The molecule has 11 heavy (non-hydrogen) atoms. The lowest BCUT2D eigenvalue weighted by Gasteiger charge is -2.07. The highest BCUT2D eigenvalue weighted by atomic mass is 19.4. The van der Waals surface area contributed by atoms with Crippen LogP contribution in [0.2, 0.25) is 0 Å². The number of hydrogen-bond donors (Lipinski definition) is 0. The molecule has 0 aliphatic rings. The van der Waals surface area contributed by atoms with Gasteiger partial charge in [-0.1, -0.05) is 0 Å². The van der Waals surface area contributed by atoms with E-state index in [0.717, 1.165) is 7.05 Å². The van der Waals surface area contributed by atoms with Gasteiger partial charge in [-0.3, -0.25) is 0 Å². The van der Waals surface area contributed by atoms with Crippen molar-refractivity contribution in [2.24, 2.45) is 7.05 Å². The first-order valence-electron chi connectivity index (χ1n) is 2.74. The molecule has 0 aliphatic heterocycles. The Hall–Kier alpha value is -1.20. The SMILES string of the molecule is Cn1nc([NH-])cc1C(F)(F)F. The highest BCUT2D eigenvalue weighted by Crippen LogP contribution is 2.30. The molecule has 0 bridgehead atoms. The molecule has 0 amide bonds. The van der Waals surface area contributed by atoms with Gasteiger partial charge in [-0.15, -0.1) is 0 Å². The van der Waals surface area contributed by atoms with Crippen molar-refractivity contribution in [3.8, 4) is 0 Å². The molecule has 0 fully saturated rings. The first kappa shape index (κ1) is 7.90. The Balaban J connectivity index is 3.13. The van der Waals surface area contributed by atoms with Gasteiger partial charge in [0, 0.05) is 7.05 Å². The number of hydrogen-bond acceptors (Lipinski definition) is 1. The first-order valence-corrected chi connectivity index (χ1v) is 2.74. The highest BCUT2D eigenvalue weighted by molar-refractivity contribution is 5.35. The van der Waals surface area contributed by atoms with E-state index in [9.17, 15) is 13.2 Å². The normalized spacial score (nSPS) is 12.0. The van der Waals surface area contributed by atoms with Crippen molar-refractivity contribution >= 4 is 5.82 Å². The maximum Gasteiger partial charge on any atom is 0.431 e. The maximum atomic E-state index is 11.9. The molecule has 3 nitrogen and oxygen atoms in total. The predicted octanol–water partition coefficient (Wildman–Crippen LogP) is 2.12. The third kappa shape index (κ3) is 1.44. The Morgan fingerprint density at radius 2 is 2.09 bits per heavy atom. The van der Waals surface area contributed by atoms with Gasteiger partial charge >= 0.3 is 6.18 Å². The summed E-state index contributed by atoms with van der Waals surface area (Å²) in [6.45, 7) is 0. The van der Waals surface area contributed by atoms with E-state index in [2.05, 4.69) is 5.10 Å². The molecular weight excluding hydrogens is 159 g/mol. The summed E-state index contributed by atoms with van der Waals surface area (Å²) in [5, 5.41) is 3.24. The van der Waals surface area contributed by atoms with Crippen LogP contribution in [0.15, 0.2) is 6.07 Å². The van der Waals surface area contributed by atoms with Crippen LogP contribution in [0.3, 0.4) is 0 Å². The molecule has 0 unspecified atom stereocenters. The summed E-state index contributed by atoms with van der Waals surface area (Å²) >= 11 is 0. The molecule has 0 spiro atoms. The first-order chi connectivity index (χ1) is 4.91. The zero-order valence-corrected chi connectivity index (χ0v) is 5.61. The lowest BCUT2D eigenvalue weighted by molar-refractivity contribution is -0.143. The molecular formula is C5H5F3N3-. The van der Waals surface area contributed by atoms with Crippen molar-refractivity contribution in [3.63, 3.8) is 0 Å². The number of halogens is 3. The standard InChI is InChI=1S/C5H5F3N3/c1-11-3(5(6,7)8)2-4(9)10-11/h2H,1H3,(H-,9,10)/q-1. The summed E-state index contributed by atoms with van der Waals surface area (Å²) in [6.07, 6.45) is -4.42. The Labute approximate surface area is 60.6 Å². The van der Waals surface area contributed by atoms with Gasteiger partial charge in [0.25, 0.3) is 0 Å². The van der Waals surface area contributed by atoms with Gasteiger partial charge < -0.3 is 15.5 Å². The summed E-state index contributed by atoms with van der Waals surface area (Å²) in [5.74, 6) is -0.375. The fraction of sp³-hybridized carbons (Fsp3) is 0.400. The van der Waals surface area contributed by atoms with Crippen LogP contribution in [0.25, 0.3) is 5.73 Å². The number of alkyl halides is 3. The quantitative estimate of drug-likeness (QED) is 0.579. The minimum atomic E-state index is -4.42. The van der Waals surface area contributed by atoms with Crippen molar-refractivity contribution in [1.82, 2.24) is 9.78 Å². The topological polar surface area (TPSA) is 41.6 Å². The van der Waals surface area contributed by atoms with Gasteiger partial charge in [0.15, 0.2) is 0 Å². The van der Waals surface area contributed by atoms with Crippen LogP contribution in [0.5, 0.6) is 0 Å². The monoisotopic (exact) mass is 164 g/mol. The van der Waals surface area contributed by atoms with Crippen molar-refractivity contribution < 1.29 is 13.2 Å². The van der Waals surface area contributed by atoms with Crippen molar-refractivity contribution in [3.05, 3.63) is 17.5 Å². The second-order valence-corrected chi connectivity index (χ2v) is 2.04. The van der Waals surface area contributed by atoms with Crippen LogP contribution in [-0.4, -0.2) is 9.78 Å². The Morgan fingerprint density at radius 1 is 1.55 bits per heavy atom. The molecule has 1 aromatic rings. The van der Waals surface area contributed by atoms with E-state index >= 15 is 0 Å². The summed E-state index contributed by atoms with van der Waals surface area (Å²) in [4.78, 5) is 0. The molecule has 1 heterocycles. The molecule has 0 aliphatic carbocycles. The van der Waals surface area contributed by atoms with E-state index in [1.165, 1.54) is 0 Å². The third-order valence-corrected chi connectivity index (χ3v) is 1.17. The number of rotatable bonds is 0. The van der Waals surface area contributed by atoms with Crippen molar-refractivity contribution in [1.29, 1.82) is 0 Å². The molecule has 1 aromatic heterocycles. The number of nitrogens with one attached hydrogen (secondary N) is 1. The zero-order chi connectivity index (χ0) is 8.65. The fourth-order valence-corrected chi connectivity index (χ4v) is 0.733. The molecule has 6 heteroatoms. The van der Waals surface area contributed by atoms with Crippen LogP contribution in [0, 0.1) is 0 Å². The van der Waals surface area contributed by atoms with Gasteiger partial charge in [0.05, 0.1) is 0 Å². The maximum absolute atomic E-state index is 11.9. The average Bonchev–Trinajstić information content (AvgIpc) is 2.08. The average molecular weight is 164 g/mol. The van der Waals surface area contributed by atoms with E-state index in [1.54, 1.807) is 0 Å².